The van der Waals surface area contributed by atoms with Crippen LogP contribution in [-0.2, 0) is 6.61 Å². The number of rotatable bonds is 5. The molecule has 0 radical (unpaired) electrons. The van der Waals surface area contributed by atoms with E-state index in [9.17, 15) is 4.79 Å². The van der Waals surface area contributed by atoms with Crippen molar-refractivity contribution in [2.24, 2.45) is 5.73 Å². The van der Waals surface area contributed by atoms with E-state index in [4.69, 9.17) is 38.4 Å². The Balaban J connectivity index is 2.15. The van der Waals surface area contributed by atoms with Gasteiger partial charge in [0.2, 0.25) is 0 Å². The number of amides is 1. The molecule has 0 unspecified atom stereocenters. The van der Waals surface area contributed by atoms with Gasteiger partial charge in [0, 0.05) is 21.2 Å². The normalized spacial score (nSPS) is 10.1. The van der Waals surface area contributed by atoms with Crippen LogP contribution in [0.4, 0.5) is 0 Å². The van der Waals surface area contributed by atoms with E-state index >= 15 is 0 Å². The van der Waals surface area contributed by atoms with Gasteiger partial charge in [0.05, 0.1) is 7.11 Å². The first kappa shape index (κ1) is 18.3. The molecule has 0 aliphatic heterocycles. The van der Waals surface area contributed by atoms with Crippen LogP contribution in [-0.4, -0.2) is 18.1 Å². The Hall–Kier alpha value is -2.02. The fourth-order valence-electron chi connectivity index (χ4n) is 1.91. The van der Waals surface area contributed by atoms with E-state index in [0.29, 0.717) is 27.1 Å². The Kier molecular flexibility index (Phi) is 6.25. The number of benzene rings is 2. The molecule has 3 N–H and O–H groups in total. The lowest BCUT2D eigenvalue weighted by atomic mass is 10.2. The summed E-state index contributed by atoms with van der Waals surface area (Å²) < 4.78 is 11.0. The molecule has 0 saturated heterocycles. The van der Waals surface area contributed by atoms with Crippen LogP contribution in [0, 0.1) is 0 Å². The summed E-state index contributed by atoms with van der Waals surface area (Å²) in [5.74, 6) is 0.444. The second-order valence-electron chi connectivity index (χ2n) is 4.71. The van der Waals surface area contributed by atoms with Gasteiger partial charge in [-0.15, -0.1) is 0 Å². The summed E-state index contributed by atoms with van der Waals surface area (Å²) in [5.41, 5.74) is 6.41. The molecule has 24 heavy (non-hydrogen) atoms. The Labute approximate surface area is 154 Å². The highest BCUT2D eigenvalue weighted by Gasteiger charge is 2.12. The van der Waals surface area contributed by atoms with E-state index < -0.39 is 5.91 Å². The molecule has 2 aromatic rings. The van der Waals surface area contributed by atoms with Crippen LogP contribution in [0.3, 0.4) is 0 Å². The van der Waals surface area contributed by atoms with Gasteiger partial charge in [-0.1, -0.05) is 29.3 Å². The number of thiocarbonyl (C=S) groups is 1. The SMILES string of the molecule is COc1cc(C(=O)NC(N)=S)ccc1OCc1ccc(Cl)cc1Cl. The van der Waals surface area contributed by atoms with Gasteiger partial charge in [0.1, 0.15) is 6.61 Å². The Morgan fingerprint density at radius 3 is 2.58 bits per heavy atom. The van der Waals surface area contributed by atoms with Crippen LogP contribution in [0.25, 0.3) is 0 Å². The van der Waals surface area contributed by atoms with Crippen molar-refractivity contribution < 1.29 is 14.3 Å². The minimum Gasteiger partial charge on any atom is -0.493 e. The third-order valence-electron chi connectivity index (χ3n) is 3.06. The number of carbonyl (C=O) groups excluding carboxylic acids is 1. The number of halogens is 2. The fraction of sp³-hybridized carbons (Fsp3) is 0.125. The van der Waals surface area contributed by atoms with E-state index in [1.807, 2.05) is 0 Å². The summed E-state index contributed by atoms with van der Waals surface area (Å²) in [4.78, 5) is 11.9. The highest BCUT2D eigenvalue weighted by molar-refractivity contribution is 7.80. The number of hydrogen-bond acceptors (Lipinski definition) is 4. The second kappa shape index (κ2) is 8.19. The first-order chi connectivity index (χ1) is 11.4. The molecule has 0 bridgehead atoms. The van der Waals surface area contributed by atoms with Gasteiger partial charge in [-0.25, -0.2) is 0 Å². The molecule has 1 amide bonds. The zero-order valence-corrected chi connectivity index (χ0v) is 15.0. The maximum absolute atomic E-state index is 11.9. The van der Waals surface area contributed by atoms with Crippen LogP contribution in [0.15, 0.2) is 36.4 Å². The van der Waals surface area contributed by atoms with Crippen molar-refractivity contribution in [3.05, 3.63) is 57.6 Å². The monoisotopic (exact) mass is 384 g/mol. The maximum Gasteiger partial charge on any atom is 0.257 e. The number of carbonyl (C=O) groups is 1. The summed E-state index contributed by atoms with van der Waals surface area (Å²) in [5, 5.41) is 3.30. The summed E-state index contributed by atoms with van der Waals surface area (Å²) in [6.45, 7) is 0.227. The first-order valence-electron chi connectivity index (χ1n) is 6.76. The average molecular weight is 385 g/mol. The molecule has 2 aromatic carbocycles. The highest BCUT2D eigenvalue weighted by Crippen LogP contribution is 2.30. The van der Waals surface area contributed by atoms with Crippen molar-refractivity contribution in [3.63, 3.8) is 0 Å². The Bertz CT molecular complexity index is 784. The predicted octanol–water partition coefficient (Wildman–Crippen LogP) is 3.55. The average Bonchev–Trinajstić information content (AvgIpc) is 2.53. The molecule has 0 heterocycles. The number of hydrogen-bond donors (Lipinski definition) is 2. The van der Waals surface area contributed by atoms with Crippen molar-refractivity contribution in [3.8, 4) is 11.5 Å². The molecule has 0 aliphatic rings. The minimum atomic E-state index is -0.423. The summed E-state index contributed by atoms with van der Waals surface area (Å²) in [7, 11) is 1.48. The standard InChI is InChI=1S/C16H14Cl2N2O3S/c1-22-14-6-9(15(21)20-16(19)24)3-5-13(14)23-8-10-2-4-11(17)7-12(10)18/h2-7H,8H2,1H3,(H3,19,20,21,24). The van der Waals surface area contributed by atoms with Crippen molar-refractivity contribution in [2.75, 3.05) is 7.11 Å². The number of methoxy groups -OCH3 is 1. The van der Waals surface area contributed by atoms with Crippen LogP contribution in [0.5, 0.6) is 11.5 Å². The van der Waals surface area contributed by atoms with Crippen molar-refractivity contribution in [1.82, 2.24) is 5.32 Å². The van der Waals surface area contributed by atoms with Crippen LogP contribution in [0.1, 0.15) is 15.9 Å². The molecule has 0 aromatic heterocycles. The zero-order chi connectivity index (χ0) is 17.7. The van der Waals surface area contributed by atoms with Crippen molar-refractivity contribution in [2.45, 2.75) is 6.61 Å². The van der Waals surface area contributed by atoms with Gasteiger partial charge >= 0.3 is 0 Å². The van der Waals surface area contributed by atoms with Crippen LogP contribution in [0.2, 0.25) is 10.0 Å². The summed E-state index contributed by atoms with van der Waals surface area (Å²) in [6.07, 6.45) is 0. The molecule has 5 nitrogen and oxygen atoms in total. The molecule has 0 aliphatic carbocycles. The lowest BCUT2D eigenvalue weighted by molar-refractivity contribution is 0.0977. The molecular formula is C16H14Cl2N2O3S. The van der Waals surface area contributed by atoms with Gasteiger partial charge in [-0.3, -0.25) is 10.1 Å². The molecule has 126 valence electrons. The van der Waals surface area contributed by atoms with Gasteiger partial charge < -0.3 is 15.2 Å². The third-order valence-corrected chi connectivity index (χ3v) is 3.75. The van der Waals surface area contributed by atoms with E-state index in [-0.39, 0.29) is 11.7 Å². The fourth-order valence-corrected chi connectivity index (χ4v) is 2.46. The summed E-state index contributed by atoms with van der Waals surface area (Å²) in [6, 6.07) is 9.88. The van der Waals surface area contributed by atoms with Gasteiger partial charge in [0.25, 0.3) is 5.91 Å². The molecule has 8 heteroatoms. The zero-order valence-electron chi connectivity index (χ0n) is 12.6. The second-order valence-corrected chi connectivity index (χ2v) is 5.99. The van der Waals surface area contributed by atoms with Crippen molar-refractivity contribution >= 4 is 46.4 Å². The number of nitrogens with one attached hydrogen (secondary N) is 1. The molecule has 0 spiro atoms. The first-order valence-corrected chi connectivity index (χ1v) is 7.92. The van der Waals surface area contributed by atoms with E-state index in [1.54, 1.807) is 30.3 Å². The number of ether oxygens (including phenoxy) is 2. The smallest absolute Gasteiger partial charge is 0.257 e. The molecule has 2 rings (SSSR count). The van der Waals surface area contributed by atoms with Crippen LogP contribution < -0.4 is 20.5 Å². The van der Waals surface area contributed by atoms with Crippen LogP contribution >= 0.6 is 35.4 Å². The molecular weight excluding hydrogens is 371 g/mol. The molecule has 0 saturated carbocycles. The summed E-state index contributed by atoms with van der Waals surface area (Å²) >= 11 is 16.6. The highest BCUT2D eigenvalue weighted by atomic mass is 35.5. The van der Waals surface area contributed by atoms with Gasteiger partial charge in [0.15, 0.2) is 16.6 Å². The molecule has 0 atom stereocenters. The number of nitrogens with two attached hydrogens (primary N) is 1. The third kappa shape index (κ3) is 4.74. The largest absolute Gasteiger partial charge is 0.493 e. The predicted molar refractivity (Wildman–Crippen MR) is 98.0 cm³/mol. The minimum absolute atomic E-state index is 0.100. The van der Waals surface area contributed by atoms with Gasteiger partial charge in [-0.2, -0.15) is 0 Å². The lowest BCUT2D eigenvalue weighted by Gasteiger charge is -2.13. The van der Waals surface area contributed by atoms with E-state index in [0.717, 1.165) is 5.56 Å². The lowest BCUT2D eigenvalue weighted by Crippen LogP contribution is -2.34. The van der Waals surface area contributed by atoms with Gasteiger partial charge in [-0.05, 0) is 42.5 Å². The van der Waals surface area contributed by atoms with Crippen molar-refractivity contribution in [1.29, 1.82) is 0 Å². The molecule has 0 fully saturated rings. The Morgan fingerprint density at radius 2 is 1.96 bits per heavy atom. The topological polar surface area (TPSA) is 73.6 Å². The maximum atomic E-state index is 11.9. The van der Waals surface area contributed by atoms with E-state index in [2.05, 4.69) is 17.5 Å². The Morgan fingerprint density at radius 1 is 1.21 bits per heavy atom. The quantitative estimate of drug-likeness (QED) is 0.770. The van der Waals surface area contributed by atoms with E-state index in [1.165, 1.54) is 13.2 Å².